The molecule has 6 atom stereocenters. The largest absolute Gasteiger partial charge is 0.469 e. The van der Waals surface area contributed by atoms with Gasteiger partial charge >= 0.3 is 38.9 Å². The van der Waals surface area contributed by atoms with Gasteiger partial charge in [0.25, 0.3) is 5.91 Å². The zero-order valence-electron chi connectivity index (χ0n) is 45.2. The number of carboxylic acid groups (broad SMARTS) is 1. The third-order valence-electron chi connectivity index (χ3n) is 14.7. The molecule has 0 radical (unpaired) electrons. The van der Waals surface area contributed by atoms with Crippen LogP contribution in [0.15, 0.2) is 61.1 Å². The van der Waals surface area contributed by atoms with E-state index in [1.807, 2.05) is 5.43 Å². The number of nitrogens with one attached hydrogen (secondary N) is 4. The summed E-state index contributed by atoms with van der Waals surface area (Å²) < 4.78 is 175. The topological polar surface area (TPSA) is 275 Å². The molecule has 0 spiro atoms. The summed E-state index contributed by atoms with van der Waals surface area (Å²) in [5.74, 6) is -0.392. The van der Waals surface area contributed by atoms with Crippen LogP contribution in [0.2, 0.25) is 0 Å². The Balaban J connectivity index is 1.24. The van der Waals surface area contributed by atoms with Gasteiger partial charge in [0.15, 0.2) is 0 Å². The average Bonchev–Trinajstić information content (AvgIpc) is 2.25. The normalized spacial score (nSPS) is 18.5. The van der Waals surface area contributed by atoms with Crippen molar-refractivity contribution in [3.05, 3.63) is 94.9 Å². The number of hydrogen-bond donors (Lipinski definition) is 7. The van der Waals surface area contributed by atoms with E-state index in [0.717, 1.165) is 45.3 Å². The fourth-order valence-electron chi connectivity index (χ4n) is 9.77. The smallest absolute Gasteiger partial charge is 0.465 e. The summed E-state index contributed by atoms with van der Waals surface area (Å²) in [7, 11) is -5.25. The number of methoxy groups -OCH3 is 1. The van der Waals surface area contributed by atoms with Gasteiger partial charge in [0.1, 0.15) is 29.8 Å². The first kappa shape index (κ1) is 64.4. The highest BCUT2D eigenvalue weighted by Gasteiger charge is 2.57. The Morgan fingerprint density at radius 1 is 0.821 bits per heavy atom. The molecule has 2 unspecified atom stereocenters. The fraction of sp³-hybridized carbons (Fsp3) is 0.510. The van der Waals surface area contributed by atoms with Gasteiger partial charge in [-0.1, -0.05) is 24.0 Å². The fourth-order valence-corrected chi connectivity index (χ4v) is 10.3. The summed E-state index contributed by atoms with van der Waals surface area (Å²) in [6.07, 6.45) is -11.7. The second-order valence-corrected chi connectivity index (χ2v) is 22.4. The summed E-state index contributed by atoms with van der Waals surface area (Å²) in [6, 6.07) is 1.12. The van der Waals surface area contributed by atoms with Gasteiger partial charge in [-0.2, -0.15) is 40.2 Å². The molecular formula is C51H58F10N11O11P. The van der Waals surface area contributed by atoms with E-state index in [1.54, 1.807) is 5.32 Å². The molecule has 2 aromatic carbocycles. The Morgan fingerprint density at radius 3 is 1.87 bits per heavy atom. The zero-order chi connectivity index (χ0) is 61.9. The third-order valence-corrected chi connectivity index (χ3v) is 15.3. The van der Waals surface area contributed by atoms with Crippen molar-refractivity contribution in [2.24, 2.45) is 10.8 Å². The lowest BCUT2D eigenvalue weighted by molar-refractivity contribution is -0.221. The Kier molecular flexibility index (Phi) is 19.6. The SMILES string of the molecule is COC(=O)N[C@H](C(=O)NN(Cc1c(F)cc(-c2ccn(C(F)F)n2)cc1F)C[C@H](OP(=O)(O)O)[C@H](Cc1ccc(C#Cc2cnc(N3CC4CCC(C3)N4C3COC3)nc2)cc1)NC(=O)[C@@H](NC(=O)O)C(C)(C)C(F)(F)F)C(C)(C)C(F)(F)F. The summed E-state index contributed by atoms with van der Waals surface area (Å²) in [6.45, 7) is -1.24. The first-order valence-corrected chi connectivity index (χ1v) is 27.1. The number of halogens is 10. The highest BCUT2D eigenvalue weighted by molar-refractivity contribution is 7.46. The minimum Gasteiger partial charge on any atom is -0.465 e. The molecule has 2 aromatic heterocycles. The number of nitrogens with zero attached hydrogens (tertiary/aromatic N) is 7. The second-order valence-electron chi connectivity index (χ2n) is 21.2. The van der Waals surface area contributed by atoms with Crippen LogP contribution in [-0.4, -0.2) is 163 Å². The average molecular weight is 1220 g/mol. The monoisotopic (exact) mass is 1220 g/mol. The Bertz CT molecular complexity index is 3100. The Labute approximate surface area is 472 Å². The lowest BCUT2D eigenvalue weighted by Crippen LogP contribution is -2.63. The summed E-state index contributed by atoms with van der Waals surface area (Å²) in [4.78, 5) is 87.0. The maximum atomic E-state index is 16.2. The molecule has 4 aromatic rings. The van der Waals surface area contributed by atoms with Crippen molar-refractivity contribution in [1.82, 2.24) is 51.0 Å². The molecule has 0 saturated carbocycles. The van der Waals surface area contributed by atoms with E-state index in [2.05, 4.69) is 46.8 Å². The number of carbonyl (C=O) groups is 4. The number of rotatable bonds is 21. The van der Waals surface area contributed by atoms with E-state index in [-0.39, 0.29) is 15.9 Å². The first-order chi connectivity index (χ1) is 39.1. The highest BCUT2D eigenvalue weighted by Crippen LogP contribution is 2.43. The number of hydrazine groups is 1. The van der Waals surface area contributed by atoms with Crippen molar-refractivity contribution >= 4 is 37.8 Å². The summed E-state index contributed by atoms with van der Waals surface area (Å²) in [5.41, 5.74) is -5.69. The molecule has 84 heavy (non-hydrogen) atoms. The lowest BCUT2D eigenvalue weighted by atomic mass is 9.82. The van der Waals surface area contributed by atoms with Crippen molar-refractivity contribution in [2.45, 2.75) is 115 Å². The van der Waals surface area contributed by atoms with E-state index >= 15 is 8.78 Å². The van der Waals surface area contributed by atoms with Crippen molar-refractivity contribution in [1.29, 1.82) is 0 Å². The van der Waals surface area contributed by atoms with Crippen LogP contribution in [0.4, 0.5) is 59.4 Å². The van der Waals surface area contributed by atoms with Crippen molar-refractivity contribution in [2.75, 3.05) is 44.9 Å². The maximum Gasteiger partial charge on any atom is 0.469 e. The van der Waals surface area contributed by atoms with Crippen LogP contribution in [0.25, 0.3) is 11.3 Å². The molecule has 7 rings (SSSR count). The van der Waals surface area contributed by atoms with E-state index in [4.69, 9.17) is 9.26 Å². The van der Waals surface area contributed by atoms with Gasteiger partial charge in [0.2, 0.25) is 11.9 Å². The number of hydrogen-bond acceptors (Lipinski definition) is 14. The molecular weight excluding hydrogens is 1160 g/mol. The molecule has 5 heterocycles. The van der Waals surface area contributed by atoms with E-state index in [1.165, 1.54) is 42.0 Å². The highest BCUT2D eigenvalue weighted by atomic mass is 31.2. The van der Waals surface area contributed by atoms with Gasteiger partial charge in [0.05, 0.1) is 54.5 Å². The molecule has 33 heteroatoms. The number of aromatic nitrogens is 4. The van der Waals surface area contributed by atoms with Gasteiger partial charge in [-0.3, -0.25) is 24.4 Å². The molecule has 3 aliphatic rings. The van der Waals surface area contributed by atoms with Crippen molar-refractivity contribution in [3.63, 3.8) is 0 Å². The number of phosphoric ester groups is 1. The number of phosphoric acid groups is 1. The molecule has 0 aliphatic carbocycles. The summed E-state index contributed by atoms with van der Waals surface area (Å²) >= 11 is 0. The predicted molar refractivity (Wildman–Crippen MR) is 274 cm³/mol. The number of ether oxygens (including phenoxy) is 2. The number of benzene rings is 2. The molecule has 3 saturated heterocycles. The van der Waals surface area contributed by atoms with E-state index in [9.17, 15) is 73.8 Å². The van der Waals surface area contributed by atoms with Gasteiger partial charge in [-0.05, 0) is 82.9 Å². The van der Waals surface area contributed by atoms with E-state index < -0.39 is 128 Å². The number of anilines is 1. The molecule has 3 aliphatic heterocycles. The third kappa shape index (κ3) is 15.4. The van der Waals surface area contributed by atoms with E-state index in [0.29, 0.717) is 93.3 Å². The lowest BCUT2D eigenvalue weighted by Gasteiger charge is -2.47. The molecule has 2 bridgehead atoms. The van der Waals surface area contributed by atoms with Gasteiger partial charge in [0, 0.05) is 73.5 Å². The van der Waals surface area contributed by atoms with Gasteiger partial charge < -0.3 is 45.2 Å². The minimum atomic E-state index is -5.97. The maximum absolute atomic E-state index is 16.2. The van der Waals surface area contributed by atoms with Crippen LogP contribution in [0, 0.1) is 34.3 Å². The van der Waals surface area contributed by atoms with Crippen LogP contribution in [0.3, 0.4) is 0 Å². The molecule has 7 N–H and O–H groups in total. The van der Waals surface area contributed by atoms with Crippen molar-refractivity contribution in [3.8, 4) is 23.1 Å². The number of alkyl halides is 8. The molecule has 3 fully saturated rings. The Hall–Kier alpha value is -7.14. The molecule has 22 nitrogen and oxygen atoms in total. The van der Waals surface area contributed by atoms with Crippen molar-refractivity contribution < 1.29 is 96.5 Å². The van der Waals surface area contributed by atoms with Crippen LogP contribution >= 0.6 is 7.82 Å². The van der Waals surface area contributed by atoms with Gasteiger partial charge in [-0.15, -0.1) is 0 Å². The first-order valence-electron chi connectivity index (χ1n) is 25.6. The second kappa shape index (κ2) is 25.6. The minimum absolute atomic E-state index is 0.0707. The van der Waals surface area contributed by atoms with Crippen LogP contribution in [0.1, 0.15) is 69.3 Å². The zero-order valence-corrected chi connectivity index (χ0v) is 46.1. The quantitative estimate of drug-likeness (QED) is 0.0217. The predicted octanol–water partition coefficient (Wildman–Crippen LogP) is 6.04. The van der Waals surface area contributed by atoms with Crippen LogP contribution in [0.5, 0.6) is 0 Å². The number of amides is 4. The number of fused-ring (bicyclic) bond motifs is 2. The summed E-state index contributed by atoms with van der Waals surface area (Å²) in [5, 5.41) is 18.8. The number of alkyl carbamates (subject to hydrolysis) is 1. The van der Waals surface area contributed by atoms with Crippen LogP contribution in [-0.2, 0) is 41.1 Å². The van der Waals surface area contributed by atoms with Gasteiger partial charge in [-0.25, -0.2) is 42.6 Å². The molecule has 458 valence electrons. The molecule has 4 amide bonds. The Morgan fingerprint density at radius 2 is 1.38 bits per heavy atom. The number of carbonyl (C=O) groups excluding carboxylic acids is 3. The standard InChI is InChI=1S/C51H58F10N11O11P/c1-48(2,50(56,57)58)40(65-46(75)76)42(73)64-38(16-28-9-6-27(7-10-28)8-11-29-19-62-45(63-20-29)69-21-31-12-13-32(22-69)72(31)33-25-82-26-33)39(83-84(78,79)80)24-70(68-43(74)41(66-47(77)81-5)49(3,4)51(59,60)61)23-34-35(52)17-30(18-36(34)53)37-14-15-71(67-37)44(54)55/h6-7,9-10,14-15,17-20,31-33,38-41,44,65H,12-13,16,21-26H2,1-5H3,(H,64,73)(H,66,77)(H,68,74)(H,75,76)(H2,78,79,80)/t31?,32?,38-,39-,40+,41+/m0/s1. The van der Waals surface area contributed by atoms with Crippen LogP contribution < -0.4 is 26.3 Å². The number of piperazine rings is 1.